The third kappa shape index (κ3) is 5.42. The minimum atomic E-state index is -0.262. The Kier molecular flexibility index (Phi) is 6.21. The summed E-state index contributed by atoms with van der Waals surface area (Å²) in [5.41, 5.74) is 3.21. The van der Waals surface area contributed by atoms with Crippen LogP contribution >= 0.6 is 0 Å². The van der Waals surface area contributed by atoms with Crippen LogP contribution in [0.5, 0.6) is 5.75 Å². The van der Waals surface area contributed by atoms with Crippen LogP contribution < -0.4 is 10.1 Å². The Balaban J connectivity index is 1.45. The van der Waals surface area contributed by atoms with Gasteiger partial charge < -0.3 is 10.1 Å². The van der Waals surface area contributed by atoms with Gasteiger partial charge in [-0.3, -0.25) is 4.79 Å². The molecule has 0 saturated carbocycles. The number of nitrogens with one attached hydrogen (secondary N) is 1. The second-order valence-corrected chi connectivity index (χ2v) is 6.44. The molecule has 1 amide bonds. The summed E-state index contributed by atoms with van der Waals surface area (Å²) >= 11 is 0. The Morgan fingerprint density at radius 2 is 1.56 bits per heavy atom. The number of rotatable bonds is 7. The third-order valence-corrected chi connectivity index (χ3v) is 4.38. The van der Waals surface area contributed by atoms with Crippen LogP contribution in [-0.2, 0) is 4.79 Å². The predicted molar refractivity (Wildman–Crippen MR) is 105 cm³/mol. The van der Waals surface area contributed by atoms with Gasteiger partial charge in [-0.25, -0.2) is 4.39 Å². The second kappa shape index (κ2) is 8.99. The summed E-state index contributed by atoms with van der Waals surface area (Å²) < 4.78 is 18.5. The molecule has 1 unspecified atom stereocenters. The molecule has 138 valence electrons. The van der Waals surface area contributed by atoms with Gasteiger partial charge in [0.1, 0.15) is 11.6 Å². The maximum Gasteiger partial charge on any atom is 0.257 e. The van der Waals surface area contributed by atoms with Gasteiger partial charge in [0.05, 0.1) is 0 Å². The molecule has 0 radical (unpaired) electrons. The first-order valence-corrected chi connectivity index (χ1v) is 8.92. The van der Waals surface area contributed by atoms with Gasteiger partial charge >= 0.3 is 0 Å². The van der Waals surface area contributed by atoms with Crippen molar-refractivity contribution in [2.75, 3.05) is 13.2 Å². The fourth-order valence-electron chi connectivity index (χ4n) is 2.75. The van der Waals surface area contributed by atoms with E-state index in [1.54, 1.807) is 12.1 Å². The van der Waals surface area contributed by atoms with E-state index in [9.17, 15) is 9.18 Å². The number of carbonyl (C=O) groups excluding carboxylic acids is 1. The van der Waals surface area contributed by atoms with Crippen molar-refractivity contribution in [1.29, 1.82) is 0 Å². The zero-order chi connectivity index (χ0) is 19.1. The van der Waals surface area contributed by atoms with E-state index in [4.69, 9.17) is 4.74 Å². The molecule has 1 atom stereocenters. The summed E-state index contributed by atoms with van der Waals surface area (Å²) in [5, 5.41) is 2.85. The van der Waals surface area contributed by atoms with Gasteiger partial charge in [0.15, 0.2) is 6.61 Å². The lowest BCUT2D eigenvalue weighted by atomic mass is 10.0. The zero-order valence-electron chi connectivity index (χ0n) is 15.2. The van der Waals surface area contributed by atoms with E-state index >= 15 is 0 Å². The Bertz CT molecular complexity index is 861. The van der Waals surface area contributed by atoms with Crippen LogP contribution in [0, 0.1) is 5.82 Å². The van der Waals surface area contributed by atoms with Crippen LogP contribution in [0.25, 0.3) is 11.1 Å². The van der Waals surface area contributed by atoms with Gasteiger partial charge in [0.2, 0.25) is 0 Å². The average Bonchev–Trinajstić information content (AvgIpc) is 2.72. The minimum absolute atomic E-state index is 0.0409. The topological polar surface area (TPSA) is 38.3 Å². The number of benzene rings is 3. The van der Waals surface area contributed by atoms with Gasteiger partial charge in [0, 0.05) is 6.54 Å². The molecule has 0 aliphatic rings. The maximum absolute atomic E-state index is 13.0. The Morgan fingerprint density at radius 1 is 0.926 bits per heavy atom. The molecule has 27 heavy (non-hydrogen) atoms. The first-order valence-electron chi connectivity index (χ1n) is 8.92. The van der Waals surface area contributed by atoms with Crippen molar-refractivity contribution in [3.05, 3.63) is 90.2 Å². The van der Waals surface area contributed by atoms with E-state index in [1.807, 2.05) is 61.5 Å². The number of halogens is 1. The number of hydrogen-bond acceptors (Lipinski definition) is 2. The van der Waals surface area contributed by atoms with E-state index in [1.165, 1.54) is 12.1 Å². The Labute approximate surface area is 158 Å². The first kappa shape index (κ1) is 18.6. The molecule has 3 nitrogen and oxygen atoms in total. The predicted octanol–water partition coefficient (Wildman–Crippen LogP) is 4.79. The van der Waals surface area contributed by atoms with Crippen LogP contribution in [0.1, 0.15) is 18.4 Å². The van der Waals surface area contributed by atoms with Gasteiger partial charge in [-0.05, 0) is 46.9 Å². The van der Waals surface area contributed by atoms with Gasteiger partial charge in [-0.15, -0.1) is 0 Å². The van der Waals surface area contributed by atoms with Crippen molar-refractivity contribution in [2.45, 2.75) is 12.8 Å². The smallest absolute Gasteiger partial charge is 0.257 e. The number of carbonyl (C=O) groups is 1. The molecular formula is C23H22FNO2. The molecule has 0 aliphatic heterocycles. The molecule has 4 heteroatoms. The van der Waals surface area contributed by atoms with Crippen LogP contribution in [0.15, 0.2) is 78.9 Å². The number of ether oxygens (including phenoxy) is 1. The molecule has 0 bridgehead atoms. The minimum Gasteiger partial charge on any atom is -0.484 e. The molecule has 3 rings (SSSR count). The highest BCUT2D eigenvalue weighted by atomic mass is 19.1. The molecule has 0 heterocycles. The van der Waals surface area contributed by atoms with Crippen molar-refractivity contribution in [3.63, 3.8) is 0 Å². The quantitative estimate of drug-likeness (QED) is 0.655. The van der Waals surface area contributed by atoms with Crippen molar-refractivity contribution in [3.8, 4) is 16.9 Å². The standard InChI is InChI=1S/C23H22FNO2/c1-17(18-7-11-21(24)12-8-18)15-25-23(26)16-27-22-13-9-20(10-14-22)19-5-3-2-4-6-19/h2-14,17H,15-16H2,1H3,(H,25,26). The molecule has 0 aromatic heterocycles. The molecule has 3 aromatic carbocycles. The van der Waals surface area contributed by atoms with Crippen molar-refractivity contribution in [1.82, 2.24) is 5.32 Å². The van der Waals surface area contributed by atoms with Gasteiger partial charge in [0.25, 0.3) is 5.91 Å². The zero-order valence-corrected chi connectivity index (χ0v) is 15.2. The van der Waals surface area contributed by atoms with Crippen molar-refractivity contribution < 1.29 is 13.9 Å². The summed E-state index contributed by atoms with van der Waals surface area (Å²) in [5.74, 6) is 0.300. The summed E-state index contributed by atoms with van der Waals surface area (Å²) in [4.78, 5) is 12.0. The first-order chi connectivity index (χ1) is 13.1. The number of amides is 1. The molecule has 3 aromatic rings. The fourth-order valence-corrected chi connectivity index (χ4v) is 2.75. The van der Waals surface area contributed by atoms with Crippen LogP contribution in [0.4, 0.5) is 4.39 Å². The Hall–Kier alpha value is -3.14. The van der Waals surface area contributed by atoms with Crippen LogP contribution in [0.2, 0.25) is 0 Å². The third-order valence-electron chi connectivity index (χ3n) is 4.38. The van der Waals surface area contributed by atoms with E-state index in [0.29, 0.717) is 12.3 Å². The largest absolute Gasteiger partial charge is 0.484 e. The molecule has 0 spiro atoms. The van der Waals surface area contributed by atoms with Gasteiger partial charge in [-0.1, -0.05) is 61.5 Å². The van der Waals surface area contributed by atoms with E-state index in [-0.39, 0.29) is 24.2 Å². The summed E-state index contributed by atoms with van der Waals surface area (Å²) in [6.07, 6.45) is 0. The lowest BCUT2D eigenvalue weighted by Crippen LogP contribution is -2.31. The normalized spacial score (nSPS) is 11.6. The highest BCUT2D eigenvalue weighted by Gasteiger charge is 2.09. The van der Waals surface area contributed by atoms with E-state index in [2.05, 4.69) is 5.32 Å². The fraction of sp³-hybridized carbons (Fsp3) is 0.174. The number of hydrogen-bond donors (Lipinski definition) is 1. The lowest BCUT2D eigenvalue weighted by molar-refractivity contribution is -0.123. The molecule has 0 saturated heterocycles. The SMILES string of the molecule is CC(CNC(=O)COc1ccc(-c2ccccc2)cc1)c1ccc(F)cc1. The summed E-state index contributed by atoms with van der Waals surface area (Å²) in [6.45, 7) is 2.41. The summed E-state index contributed by atoms with van der Waals surface area (Å²) in [7, 11) is 0. The van der Waals surface area contributed by atoms with Crippen LogP contribution in [-0.4, -0.2) is 19.1 Å². The Morgan fingerprint density at radius 3 is 2.22 bits per heavy atom. The summed E-state index contributed by atoms with van der Waals surface area (Å²) in [6, 6.07) is 24.0. The van der Waals surface area contributed by atoms with Crippen LogP contribution in [0.3, 0.4) is 0 Å². The van der Waals surface area contributed by atoms with Crippen molar-refractivity contribution in [2.24, 2.45) is 0 Å². The lowest BCUT2D eigenvalue weighted by Gasteiger charge is -2.13. The molecule has 0 fully saturated rings. The highest BCUT2D eigenvalue weighted by molar-refractivity contribution is 5.77. The van der Waals surface area contributed by atoms with E-state index in [0.717, 1.165) is 16.7 Å². The molecule has 1 N–H and O–H groups in total. The maximum atomic E-state index is 13.0. The average molecular weight is 363 g/mol. The highest BCUT2D eigenvalue weighted by Crippen LogP contribution is 2.22. The van der Waals surface area contributed by atoms with Crippen molar-refractivity contribution >= 4 is 5.91 Å². The molecular weight excluding hydrogens is 341 g/mol. The van der Waals surface area contributed by atoms with E-state index < -0.39 is 0 Å². The molecule has 0 aliphatic carbocycles. The second-order valence-electron chi connectivity index (χ2n) is 6.44. The van der Waals surface area contributed by atoms with Gasteiger partial charge in [-0.2, -0.15) is 0 Å². The monoisotopic (exact) mass is 363 g/mol.